The Bertz CT molecular complexity index is 833. The van der Waals surface area contributed by atoms with E-state index in [2.05, 4.69) is 37.1 Å². The van der Waals surface area contributed by atoms with E-state index in [9.17, 15) is 0 Å². The van der Waals surface area contributed by atoms with Gasteiger partial charge in [0.25, 0.3) is 5.88 Å². The van der Waals surface area contributed by atoms with Gasteiger partial charge in [0.2, 0.25) is 11.6 Å². The molecule has 0 atom stereocenters. The van der Waals surface area contributed by atoms with Gasteiger partial charge in [-0.25, -0.2) is 14.8 Å². The Morgan fingerprint density at radius 1 is 1.27 bits per heavy atom. The fraction of sp³-hybridized carbons (Fsp3) is 0.556. The molecule has 0 radical (unpaired) electrons. The van der Waals surface area contributed by atoms with E-state index in [0.29, 0.717) is 42.5 Å². The Morgan fingerprint density at radius 3 is 2.92 bits per heavy atom. The smallest absolute Gasteiger partial charge is 0.257 e. The van der Waals surface area contributed by atoms with E-state index in [1.165, 1.54) is 19.3 Å². The maximum Gasteiger partial charge on any atom is 0.257 e. The van der Waals surface area contributed by atoms with E-state index in [4.69, 9.17) is 16.4 Å². The maximum atomic E-state index is 7.26. The quantitative estimate of drug-likeness (QED) is 0.755. The van der Waals surface area contributed by atoms with Crippen LogP contribution in [0, 0.1) is 13.5 Å². The van der Waals surface area contributed by atoms with Gasteiger partial charge >= 0.3 is 0 Å². The van der Waals surface area contributed by atoms with Crippen molar-refractivity contribution in [2.75, 3.05) is 23.8 Å². The van der Waals surface area contributed by atoms with Crippen molar-refractivity contribution in [1.29, 1.82) is 0 Å². The van der Waals surface area contributed by atoms with Gasteiger partial charge in [0, 0.05) is 12.7 Å². The summed E-state index contributed by atoms with van der Waals surface area (Å²) in [6.45, 7) is 10.6. The zero-order valence-electron chi connectivity index (χ0n) is 15.0. The predicted molar refractivity (Wildman–Crippen MR) is 99.3 cm³/mol. The van der Waals surface area contributed by atoms with Crippen LogP contribution < -0.4 is 15.4 Å². The Balaban J connectivity index is 1.71. The fourth-order valence-electron chi connectivity index (χ4n) is 3.63. The number of hydrogen-bond acceptors (Lipinski definition) is 6. The average Bonchev–Trinajstić information content (AvgIpc) is 2.96. The first-order valence-corrected chi connectivity index (χ1v) is 9.23. The topological polar surface area (TPSA) is 81.2 Å². The van der Waals surface area contributed by atoms with Gasteiger partial charge in [-0.15, -0.1) is 5.10 Å². The summed E-state index contributed by atoms with van der Waals surface area (Å²) in [6.07, 6.45) is 8.47. The maximum absolute atomic E-state index is 7.26. The number of fused-ring (bicyclic) bond motifs is 3. The molecule has 1 saturated carbocycles. The number of rotatable bonds is 1. The lowest BCUT2D eigenvalue weighted by Crippen LogP contribution is -2.16. The van der Waals surface area contributed by atoms with Gasteiger partial charge in [-0.1, -0.05) is 19.3 Å². The molecular weight excluding hydrogens is 330 g/mol. The van der Waals surface area contributed by atoms with Crippen LogP contribution >= 0.6 is 0 Å². The highest BCUT2D eigenvalue weighted by molar-refractivity contribution is 5.69. The molecule has 2 aromatic rings. The summed E-state index contributed by atoms with van der Waals surface area (Å²) >= 11 is 0. The second-order valence-corrected chi connectivity index (χ2v) is 6.80. The number of anilines is 3. The molecule has 0 aromatic carbocycles. The molecule has 26 heavy (non-hydrogen) atoms. The number of nitrogens with one attached hydrogen (secondary N) is 2. The molecule has 0 spiro atoms. The van der Waals surface area contributed by atoms with E-state index in [-0.39, 0.29) is 0 Å². The van der Waals surface area contributed by atoms with Gasteiger partial charge in [-0.2, -0.15) is 0 Å². The Morgan fingerprint density at radius 2 is 2.12 bits per heavy atom. The van der Waals surface area contributed by atoms with Crippen molar-refractivity contribution in [1.82, 2.24) is 19.7 Å². The molecule has 1 aliphatic carbocycles. The molecule has 8 nitrogen and oxygen atoms in total. The summed E-state index contributed by atoms with van der Waals surface area (Å²) in [4.78, 5) is 12.2. The highest BCUT2D eigenvalue weighted by atomic mass is 16.5. The number of ether oxygens (including phenoxy) is 1. The van der Waals surface area contributed by atoms with Crippen LogP contribution in [0.25, 0.3) is 4.85 Å². The largest absolute Gasteiger partial charge is 0.475 e. The molecule has 2 bridgehead atoms. The molecule has 136 valence electrons. The molecule has 0 saturated heterocycles. The van der Waals surface area contributed by atoms with E-state index in [1.807, 2.05) is 0 Å². The summed E-state index contributed by atoms with van der Waals surface area (Å²) in [5, 5.41) is 11.2. The number of hydrogen-bond donors (Lipinski definition) is 2. The van der Waals surface area contributed by atoms with Crippen molar-refractivity contribution in [2.45, 2.75) is 51.5 Å². The van der Waals surface area contributed by atoms with Crippen LogP contribution in [-0.4, -0.2) is 32.9 Å². The minimum absolute atomic E-state index is 0.422. The molecule has 0 unspecified atom stereocenters. The summed E-state index contributed by atoms with van der Waals surface area (Å²) in [5.41, 5.74) is 2.28. The predicted octanol–water partition coefficient (Wildman–Crippen LogP) is 3.98. The molecule has 4 rings (SSSR count). The summed E-state index contributed by atoms with van der Waals surface area (Å²) in [5.74, 6) is 1.60. The molecule has 2 aromatic heterocycles. The van der Waals surface area contributed by atoms with E-state index in [0.717, 1.165) is 30.6 Å². The first-order chi connectivity index (χ1) is 12.8. The van der Waals surface area contributed by atoms with E-state index in [1.54, 1.807) is 6.20 Å². The monoisotopic (exact) mass is 353 g/mol. The van der Waals surface area contributed by atoms with Gasteiger partial charge in [-0.05, 0) is 26.2 Å². The van der Waals surface area contributed by atoms with Gasteiger partial charge in [-0.3, -0.25) is 4.68 Å². The molecule has 1 fully saturated rings. The van der Waals surface area contributed by atoms with Gasteiger partial charge in [0.15, 0.2) is 0 Å². The van der Waals surface area contributed by atoms with Crippen molar-refractivity contribution in [3.63, 3.8) is 0 Å². The summed E-state index contributed by atoms with van der Waals surface area (Å²) in [7, 11) is 0. The van der Waals surface area contributed by atoms with Crippen LogP contribution in [0.2, 0.25) is 0 Å². The lowest BCUT2D eigenvalue weighted by Gasteiger charge is -2.23. The Kier molecular flexibility index (Phi) is 4.61. The van der Waals surface area contributed by atoms with Crippen molar-refractivity contribution in [3.05, 3.63) is 23.3 Å². The van der Waals surface area contributed by atoms with Gasteiger partial charge in [0.05, 0.1) is 24.9 Å². The van der Waals surface area contributed by atoms with Crippen LogP contribution in [0.3, 0.4) is 0 Å². The first kappa shape index (κ1) is 16.6. The Hall–Kier alpha value is -2.82. The SMILES string of the molecule is [C-]#[N+]c1cnc2nc1NCCCOc1nn(C3CCCCC3)c(C)c1N2. The van der Waals surface area contributed by atoms with Crippen molar-refractivity contribution >= 4 is 23.1 Å². The summed E-state index contributed by atoms with van der Waals surface area (Å²) < 4.78 is 8.06. The molecule has 3 heterocycles. The zero-order valence-corrected chi connectivity index (χ0v) is 15.0. The second-order valence-electron chi connectivity index (χ2n) is 6.80. The van der Waals surface area contributed by atoms with Gasteiger partial charge < -0.3 is 15.4 Å². The third kappa shape index (κ3) is 3.17. The molecule has 2 N–H and O–H groups in total. The highest BCUT2D eigenvalue weighted by Gasteiger charge is 2.24. The van der Waals surface area contributed by atoms with Crippen LogP contribution in [0.1, 0.15) is 50.3 Å². The molecule has 8 heteroatoms. The van der Waals surface area contributed by atoms with Crippen molar-refractivity contribution in [3.8, 4) is 5.88 Å². The zero-order chi connectivity index (χ0) is 17.9. The normalized spacial score (nSPS) is 17.7. The van der Waals surface area contributed by atoms with Crippen LogP contribution in [-0.2, 0) is 0 Å². The third-order valence-corrected chi connectivity index (χ3v) is 5.02. The third-order valence-electron chi connectivity index (χ3n) is 5.02. The second kappa shape index (κ2) is 7.20. The van der Waals surface area contributed by atoms with Crippen molar-refractivity contribution in [2.24, 2.45) is 0 Å². The van der Waals surface area contributed by atoms with E-state index < -0.39 is 0 Å². The standard InChI is InChI=1S/C18H23N7O/c1-12-15-17(24-25(12)13-7-4-3-5-8-13)26-10-6-9-20-16-14(19-2)11-21-18(22-15)23-16/h11,13H,3-10H2,1H3,(H2,20,21,22,23). The number of nitrogens with zero attached hydrogens (tertiary/aromatic N) is 5. The first-order valence-electron chi connectivity index (χ1n) is 9.23. The average molecular weight is 353 g/mol. The Labute approximate surface area is 152 Å². The van der Waals surface area contributed by atoms with Crippen LogP contribution in [0.15, 0.2) is 6.20 Å². The summed E-state index contributed by atoms with van der Waals surface area (Å²) in [6, 6.07) is 0.428. The van der Waals surface area contributed by atoms with E-state index >= 15 is 0 Å². The molecule has 0 amide bonds. The van der Waals surface area contributed by atoms with Crippen molar-refractivity contribution < 1.29 is 4.74 Å². The molecule has 2 aliphatic rings. The highest BCUT2D eigenvalue weighted by Crippen LogP contribution is 2.36. The van der Waals surface area contributed by atoms with Crippen LogP contribution in [0.4, 0.5) is 23.1 Å². The fourth-order valence-corrected chi connectivity index (χ4v) is 3.63. The number of aromatic nitrogens is 4. The lowest BCUT2D eigenvalue weighted by molar-refractivity contribution is 0.282. The molecule has 1 aliphatic heterocycles. The molecular formula is C18H23N7O. The lowest BCUT2D eigenvalue weighted by atomic mass is 9.95. The van der Waals surface area contributed by atoms with Gasteiger partial charge in [0.1, 0.15) is 11.5 Å². The minimum Gasteiger partial charge on any atom is -0.475 e. The minimum atomic E-state index is 0.422. The van der Waals surface area contributed by atoms with Crippen LogP contribution in [0.5, 0.6) is 5.88 Å².